The summed E-state index contributed by atoms with van der Waals surface area (Å²) >= 11 is 0. The van der Waals surface area contributed by atoms with Crippen LogP contribution in [-0.4, -0.2) is 45.2 Å². The number of azide groups is 1. The van der Waals surface area contributed by atoms with Gasteiger partial charge in [0, 0.05) is 33.3 Å². The van der Waals surface area contributed by atoms with E-state index in [0.717, 1.165) is 10.9 Å². The van der Waals surface area contributed by atoms with Crippen LogP contribution in [0.15, 0.2) is 29.5 Å². The SMILES string of the molecule is [N-]=[N+]=Nc1ccc2[nH]cc(C3O[C@H](CO)[C@@H](O)[C@H]3O)c2c1. The van der Waals surface area contributed by atoms with Crippen LogP contribution in [0.1, 0.15) is 11.7 Å². The van der Waals surface area contributed by atoms with Crippen LogP contribution >= 0.6 is 0 Å². The van der Waals surface area contributed by atoms with Gasteiger partial charge in [0.15, 0.2) is 0 Å². The average Bonchev–Trinajstić information content (AvgIpc) is 3.02. The predicted molar refractivity (Wildman–Crippen MR) is 73.8 cm³/mol. The Morgan fingerprint density at radius 1 is 1.33 bits per heavy atom. The fraction of sp³-hybridized carbons (Fsp3) is 0.385. The van der Waals surface area contributed by atoms with Crippen molar-refractivity contribution >= 4 is 16.6 Å². The van der Waals surface area contributed by atoms with Crippen molar-refractivity contribution in [3.8, 4) is 0 Å². The number of aliphatic hydroxyl groups is 3. The van der Waals surface area contributed by atoms with Gasteiger partial charge in [0.25, 0.3) is 0 Å². The number of benzene rings is 1. The number of H-pyrrole nitrogens is 1. The summed E-state index contributed by atoms with van der Waals surface area (Å²) in [6, 6.07) is 5.10. The Hall–Kier alpha value is -2.09. The minimum absolute atomic E-state index is 0.374. The van der Waals surface area contributed by atoms with E-state index in [1.807, 2.05) is 0 Å². The quantitative estimate of drug-likeness (QED) is 0.384. The summed E-state index contributed by atoms with van der Waals surface area (Å²) in [6.07, 6.45) is -2.19. The number of hydrogen-bond acceptors (Lipinski definition) is 5. The third kappa shape index (κ3) is 2.25. The molecule has 3 rings (SSSR count). The molecule has 0 aliphatic carbocycles. The molecule has 110 valence electrons. The van der Waals surface area contributed by atoms with E-state index in [1.165, 1.54) is 0 Å². The largest absolute Gasteiger partial charge is 0.394 e. The number of aliphatic hydroxyl groups excluding tert-OH is 3. The lowest BCUT2D eigenvalue weighted by molar-refractivity contribution is -0.0223. The number of rotatable bonds is 3. The summed E-state index contributed by atoms with van der Waals surface area (Å²) < 4.78 is 5.51. The Morgan fingerprint density at radius 3 is 2.81 bits per heavy atom. The molecule has 0 spiro atoms. The molecule has 1 unspecified atom stereocenters. The highest BCUT2D eigenvalue weighted by Crippen LogP contribution is 2.37. The van der Waals surface area contributed by atoms with E-state index < -0.39 is 24.4 Å². The number of hydrogen-bond donors (Lipinski definition) is 4. The molecule has 1 aromatic carbocycles. The Bertz CT molecular complexity index is 709. The fourth-order valence-corrected chi connectivity index (χ4v) is 2.64. The minimum Gasteiger partial charge on any atom is -0.394 e. The highest BCUT2D eigenvalue weighted by Gasteiger charge is 2.43. The van der Waals surface area contributed by atoms with Crippen molar-refractivity contribution in [2.75, 3.05) is 6.61 Å². The van der Waals surface area contributed by atoms with Gasteiger partial charge in [-0.05, 0) is 17.7 Å². The first kappa shape index (κ1) is 13.9. The summed E-state index contributed by atoms with van der Waals surface area (Å²) in [4.78, 5) is 5.77. The lowest BCUT2D eigenvalue weighted by Crippen LogP contribution is -2.32. The number of fused-ring (bicyclic) bond motifs is 1. The molecule has 8 nitrogen and oxygen atoms in total. The van der Waals surface area contributed by atoms with E-state index in [4.69, 9.17) is 15.4 Å². The normalized spacial score (nSPS) is 28.7. The molecule has 0 amide bonds. The van der Waals surface area contributed by atoms with Gasteiger partial charge < -0.3 is 25.0 Å². The summed E-state index contributed by atoms with van der Waals surface area (Å²) in [7, 11) is 0. The number of nitrogens with one attached hydrogen (secondary N) is 1. The van der Waals surface area contributed by atoms with E-state index in [0.29, 0.717) is 11.3 Å². The van der Waals surface area contributed by atoms with Crippen molar-refractivity contribution in [1.29, 1.82) is 0 Å². The van der Waals surface area contributed by atoms with Crippen LogP contribution in [0.5, 0.6) is 0 Å². The van der Waals surface area contributed by atoms with Crippen LogP contribution in [0.2, 0.25) is 0 Å². The molecule has 21 heavy (non-hydrogen) atoms. The Labute approximate surface area is 119 Å². The Balaban J connectivity index is 2.04. The third-order valence-corrected chi connectivity index (χ3v) is 3.71. The highest BCUT2D eigenvalue weighted by atomic mass is 16.6. The first-order chi connectivity index (χ1) is 10.2. The van der Waals surface area contributed by atoms with Gasteiger partial charge in [0.2, 0.25) is 0 Å². The first-order valence-electron chi connectivity index (χ1n) is 6.44. The van der Waals surface area contributed by atoms with Crippen molar-refractivity contribution in [3.05, 3.63) is 40.4 Å². The molecular weight excluding hydrogens is 276 g/mol. The topological polar surface area (TPSA) is 134 Å². The molecule has 1 fully saturated rings. The molecule has 1 aliphatic heterocycles. The van der Waals surface area contributed by atoms with Gasteiger partial charge in [-0.25, -0.2) is 0 Å². The molecule has 1 aliphatic rings. The van der Waals surface area contributed by atoms with Gasteiger partial charge in [0.1, 0.15) is 24.4 Å². The predicted octanol–water partition coefficient (Wildman–Crippen LogP) is 1.26. The molecule has 0 bridgehead atoms. The number of ether oxygens (including phenoxy) is 1. The molecule has 0 saturated carbocycles. The molecule has 4 atom stereocenters. The molecule has 4 N–H and O–H groups in total. The average molecular weight is 290 g/mol. The van der Waals surface area contributed by atoms with Crippen LogP contribution in [0.3, 0.4) is 0 Å². The van der Waals surface area contributed by atoms with E-state index in [2.05, 4.69) is 15.0 Å². The lowest BCUT2D eigenvalue weighted by Gasteiger charge is -2.14. The van der Waals surface area contributed by atoms with Crippen LogP contribution in [0.4, 0.5) is 5.69 Å². The lowest BCUT2D eigenvalue weighted by atomic mass is 10.0. The van der Waals surface area contributed by atoms with E-state index in [9.17, 15) is 10.2 Å². The van der Waals surface area contributed by atoms with Crippen molar-refractivity contribution in [2.45, 2.75) is 24.4 Å². The van der Waals surface area contributed by atoms with Crippen LogP contribution in [0, 0.1) is 0 Å². The molecular formula is C13H14N4O4. The van der Waals surface area contributed by atoms with Crippen LogP contribution < -0.4 is 0 Å². The zero-order chi connectivity index (χ0) is 15.0. The van der Waals surface area contributed by atoms with Gasteiger partial charge in [-0.3, -0.25) is 0 Å². The zero-order valence-corrected chi connectivity index (χ0v) is 10.9. The third-order valence-electron chi connectivity index (χ3n) is 3.71. The monoisotopic (exact) mass is 290 g/mol. The summed E-state index contributed by atoms with van der Waals surface area (Å²) in [5, 5.41) is 33.3. The molecule has 8 heteroatoms. The van der Waals surface area contributed by atoms with Crippen LogP contribution in [0.25, 0.3) is 21.3 Å². The van der Waals surface area contributed by atoms with E-state index in [1.54, 1.807) is 24.4 Å². The second kappa shape index (κ2) is 5.36. The Kier molecular flexibility index (Phi) is 3.54. The molecule has 1 aromatic heterocycles. The summed E-state index contributed by atoms with van der Waals surface area (Å²) in [5.41, 5.74) is 10.4. The first-order valence-corrected chi connectivity index (χ1v) is 6.44. The summed E-state index contributed by atoms with van der Waals surface area (Å²) in [6.45, 7) is -0.374. The summed E-state index contributed by atoms with van der Waals surface area (Å²) in [5.74, 6) is 0. The van der Waals surface area contributed by atoms with Gasteiger partial charge in [-0.2, -0.15) is 0 Å². The van der Waals surface area contributed by atoms with Gasteiger partial charge in [-0.1, -0.05) is 11.2 Å². The number of aromatic amines is 1. The number of nitrogens with zero attached hydrogens (tertiary/aromatic N) is 3. The number of aromatic nitrogens is 1. The molecule has 0 radical (unpaired) electrons. The van der Waals surface area contributed by atoms with Crippen molar-refractivity contribution in [2.24, 2.45) is 5.11 Å². The maximum absolute atomic E-state index is 10.1. The zero-order valence-electron chi connectivity index (χ0n) is 10.9. The molecule has 2 aromatic rings. The van der Waals surface area contributed by atoms with E-state index in [-0.39, 0.29) is 6.61 Å². The van der Waals surface area contributed by atoms with Gasteiger partial charge >= 0.3 is 0 Å². The van der Waals surface area contributed by atoms with Gasteiger partial charge in [0.05, 0.1) is 6.61 Å². The second-order valence-electron chi connectivity index (χ2n) is 4.92. The molecule has 2 heterocycles. The second-order valence-corrected chi connectivity index (χ2v) is 4.92. The molecule has 1 saturated heterocycles. The van der Waals surface area contributed by atoms with Gasteiger partial charge in [-0.15, -0.1) is 0 Å². The van der Waals surface area contributed by atoms with Crippen LogP contribution in [-0.2, 0) is 4.74 Å². The standard InChI is InChI=1S/C13H14N4O4/c14-17-16-6-1-2-9-7(3-6)8(4-15-9)13-12(20)11(19)10(5-18)21-13/h1-4,10-13,15,18-20H,5H2/t10-,11-,12-,13?/m1/s1. The van der Waals surface area contributed by atoms with Crippen molar-refractivity contribution in [1.82, 2.24) is 4.98 Å². The maximum Gasteiger partial charge on any atom is 0.114 e. The fourth-order valence-electron chi connectivity index (χ4n) is 2.64. The van der Waals surface area contributed by atoms with Crippen molar-refractivity contribution < 1.29 is 20.1 Å². The smallest absolute Gasteiger partial charge is 0.114 e. The minimum atomic E-state index is -1.15. The van der Waals surface area contributed by atoms with Crippen molar-refractivity contribution in [3.63, 3.8) is 0 Å². The highest BCUT2D eigenvalue weighted by molar-refractivity contribution is 5.86. The maximum atomic E-state index is 10.1. The van der Waals surface area contributed by atoms with E-state index >= 15 is 0 Å². The Morgan fingerprint density at radius 2 is 2.14 bits per heavy atom.